The summed E-state index contributed by atoms with van der Waals surface area (Å²) >= 11 is 3.06. The highest BCUT2D eigenvalue weighted by atomic mass is 79.9. The summed E-state index contributed by atoms with van der Waals surface area (Å²) in [6.45, 7) is 0.236. The summed E-state index contributed by atoms with van der Waals surface area (Å²) in [6.07, 6.45) is 6.10. The number of carboxylic acid groups (broad SMARTS) is 1. The number of benzene rings is 1. The van der Waals surface area contributed by atoms with Crippen molar-refractivity contribution in [1.29, 1.82) is 0 Å². The van der Waals surface area contributed by atoms with Gasteiger partial charge in [0.1, 0.15) is 0 Å². The molecule has 0 spiro atoms. The van der Waals surface area contributed by atoms with Crippen molar-refractivity contribution < 1.29 is 18.3 Å². The van der Waals surface area contributed by atoms with Crippen LogP contribution < -0.4 is 4.72 Å². The van der Waals surface area contributed by atoms with Gasteiger partial charge in [-0.05, 0) is 40.5 Å². The number of terminal acetylenes is 1. The van der Waals surface area contributed by atoms with E-state index in [-0.39, 0.29) is 21.5 Å². The molecular weight excluding hydrogens is 334 g/mol. The summed E-state index contributed by atoms with van der Waals surface area (Å²) in [5, 5.41) is 8.80. The quantitative estimate of drug-likeness (QED) is 0.608. The van der Waals surface area contributed by atoms with Crippen molar-refractivity contribution in [2.45, 2.75) is 17.7 Å². The molecule has 0 saturated heterocycles. The Morgan fingerprint density at radius 3 is 2.68 bits per heavy atom. The van der Waals surface area contributed by atoms with Crippen LogP contribution in [0.5, 0.6) is 0 Å². The molecule has 7 heteroatoms. The maximum absolute atomic E-state index is 12.0. The average Bonchev–Trinajstić information content (AvgIpc) is 2.34. The van der Waals surface area contributed by atoms with Gasteiger partial charge in [0.15, 0.2) is 0 Å². The van der Waals surface area contributed by atoms with Gasteiger partial charge in [0.25, 0.3) is 0 Å². The lowest BCUT2D eigenvalue weighted by molar-refractivity contribution is 0.0696. The summed E-state index contributed by atoms with van der Waals surface area (Å²) in [5.41, 5.74) is 0.0122. The summed E-state index contributed by atoms with van der Waals surface area (Å²) in [6, 6.07) is 3.73. The molecule has 1 aromatic rings. The molecule has 0 unspecified atom stereocenters. The Kier molecular flexibility index (Phi) is 5.54. The number of carboxylic acids is 1. The van der Waals surface area contributed by atoms with Crippen molar-refractivity contribution in [1.82, 2.24) is 4.72 Å². The maximum Gasteiger partial charge on any atom is 0.335 e. The highest BCUT2D eigenvalue weighted by molar-refractivity contribution is 9.10. The lowest BCUT2D eigenvalue weighted by Crippen LogP contribution is -2.25. The zero-order chi connectivity index (χ0) is 14.5. The van der Waals surface area contributed by atoms with Gasteiger partial charge in [0, 0.05) is 17.4 Å². The van der Waals surface area contributed by atoms with Crippen LogP contribution in [0, 0.1) is 12.3 Å². The normalized spacial score (nSPS) is 10.9. The molecule has 5 nitrogen and oxygen atoms in total. The van der Waals surface area contributed by atoms with Crippen molar-refractivity contribution in [3.05, 3.63) is 28.2 Å². The van der Waals surface area contributed by atoms with E-state index in [1.54, 1.807) is 0 Å². The molecule has 0 bridgehead atoms. The first-order valence-electron chi connectivity index (χ1n) is 5.34. The fourth-order valence-corrected chi connectivity index (χ4v) is 3.48. The zero-order valence-electron chi connectivity index (χ0n) is 9.89. The number of nitrogens with one attached hydrogen (secondary N) is 1. The standard InChI is InChI=1S/C12H12BrNO4S/c1-2-3-4-7-14-19(17,18)11-6-5-9(12(15)16)8-10(11)13/h1,5-6,8,14H,3-4,7H2,(H,15,16). The van der Waals surface area contributed by atoms with E-state index in [0.717, 1.165) is 0 Å². The summed E-state index contributed by atoms with van der Waals surface area (Å²) in [7, 11) is -3.67. The Bertz CT molecular complexity index is 619. The third-order valence-electron chi connectivity index (χ3n) is 2.26. The van der Waals surface area contributed by atoms with Gasteiger partial charge in [-0.25, -0.2) is 17.9 Å². The predicted molar refractivity (Wildman–Crippen MR) is 74.4 cm³/mol. The Hall–Kier alpha value is -1.36. The smallest absolute Gasteiger partial charge is 0.335 e. The molecule has 0 amide bonds. The molecule has 2 N–H and O–H groups in total. The molecule has 0 aromatic heterocycles. The molecule has 0 aliphatic rings. The number of sulfonamides is 1. The molecule has 0 aliphatic carbocycles. The third-order valence-corrected chi connectivity index (χ3v) is 4.70. The van der Waals surface area contributed by atoms with Crippen molar-refractivity contribution in [3.63, 3.8) is 0 Å². The van der Waals surface area contributed by atoms with Crippen molar-refractivity contribution >= 4 is 31.9 Å². The monoisotopic (exact) mass is 345 g/mol. The van der Waals surface area contributed by atoms with E-state index in [9.17, 15) is 13.2 Å². The van der Waals surface area contributed by atoms with Gasteiger partial charge < -0.3 is 5.11 Å². The first-order chi connectivity index (χ1) is 8.88. The van der Waals surface area contributed by atoms with Gasteiger partial charge in [0.05, 0.1) is 10.5 Å². The summed E-state index contributed by atoms with van der Waals surface area (Å²) < 4.78 is 26.5. The van der Waals surface area contributed by atoms with Crippen LogP contribution in [0.1, 0.15) is 23.2 Å². The largest absolute Gasteiger partial charge is 0.478 e. The van der Waals surface area contributed by atoms with E-state index in [0.29, 0.717) is 12.8 Å². The van der Waals surface area contributed by atoms with Crippen LogP contribution in [0.15, 0.2) is 27.6 Å². The second-order valence-corrected chi connectivity index (χ2v) is 6.25. The predicted octanol–water partition coefficient (Wildman–Crippen LogP) is 1.84. The number of halogens is 1. The Morgan fingerprint density at radius 1 is 1.47 bits per heavy atom. The first kappa shape index (κ1) is 15.7. The van der Waals surface area contributed by atoms with E-state index < -0.39 is 16.0 Å². The molecule has 0 aliphatic heterocycles. The van der Waals surface area contributed by atoms with Gasteiger partial charge in [-0.2, -0.15) is 0 Å². The topological polar surface area (TPSA) is 83.5 Å². The van der Waals surface area contributed by atoms with Crippen LogP contribution in [0.3, 0.4) is 0 Å². The Balaban J connectivity index is 2.90. The van der Waals surface area contributed by atoms with Gasteiger partial charge >= 0.3 is 5.97 Å². The lowest BCUT2D eigenvalue weighted by Gasteiger charge is -2.08. The minimum absolute atomic E-state index is 0.00166. The molecular formula is C12H12BrNO4S. The fraction of sp³-hybridized carbons (Fsp3) is 0.250. The Labute approximate surface area is 120 Å². The second kappa shape index (κ2) is 6.70. The number of carbonyl (C=O) groups is 1. The number of unbranched alkanes of at least 4 members (excludes halogenated alkanes) is 1. The van der Waals surface area contributed by atoms with E-state index in [4.69, 9.17) is 11.5 Å². The molecule has 0 heterocycles. The number of aromatic carboxylic acids is 1. The van der Waals surface area contributed by atoms with Gasteiger partial charge in [-0.3, -0.25) is 0 Å². The molecule has 0 atom stereocenters. The molecule has 1 rings (SSSR count). The van der Waals surface area contributed by atoms with Crippen LogP contribution in [0.2, 0.25) is 0 Å². The molecule has 0 radical (unpaired) electrons. The molecule has 102 valence electrons. The minimum Gasteiger partial charge on any atom is -0.478 e. The molecule has 19 heavy (non-hydrogen) atoms. The summed E-state index contributed by atoms with van der Waals surface area (Å²) in [5.74, 6) is 1.30. The first-order valence-corrected chi connectivity index (χ1v) is 7.62. The Morgan fingerprint density at radius 2 is 2.16 bits per heavy atom. The SMILES string of the molecule is C#CCCCNS(=O)(=O)c1ccc(C(=O)O)cc1Br. The van der Waals surface area contributed by atoms with Crippen molar-refractivity contribution in [3.8, 4) is 12.3 Å². The molecule has 1 aromatic carbocycles. The van der Waals surface area contributed by atoms with E-state index in [1.165, 1.54) is 18.2 Å². The third kappa shape index (κ3) is 4.35. The molecule has 0 fully saturated rings. The van der Waals surface area contributed by atoms with Crippen molar-refractivity contribution in [2.24, 2.45) is 0 Å². The van der Waals surface area contributed by atoms with Crippen molar-refractivity contribution in [2.75, 3.05) is 6.54 Å². The zero-order valence-corrected chi connectivity index (χ0v) is 12.3. The number of rotatable bonds is 6. The fourth-order valence-electron chi connectivity index (χ4n) is 1.33. The highest BCUT2D eigenvalue weighted by Crippen LogP contribution is 2.23. The lowest BCUT2D eigenvalue weighted by atomic mass is 10.2. The van der Waals surface area contributed by atoms with E-state index in [2.05, 4.69) is 26.6 Å². The van der Waals surface area contributed by atoms with E-state index >= 15 is 0 Å². The van der Waals surface area contributed by atoms with Crippen LogP contribution in [-0.2, 0) is 10.0 Å². The average molecular weight is 346 g/mol. The highest BCUT2D eigenvalue weighted by Gasteiger charge is 2.18. The summed E-state index contributed by atoms with van der Waals surface area (Å²) in [4.78, 5) is 10.8. The number of hydrogen-bond acceptors (Lipinski definition) is 3. The van der Waals surface area contributed by atoms with Gasteiger partial charge in [0.2, 0.25) is 10.0 Å². The maximum atomic E-state index is 12.0. The molecule has 0 saturated carbocycles. The minimum atomic E-state index is -3.67. The van der Waals surface area contributed by atoms with Crippen LogP contribution >= 0.6 is 15.9 Å². The van der Waals surface area contributed by atoms with Crippen LogP contribution in [0.25, 0.3) is 0 Å². The second-order valence-electron chi connectivity index (χ2n) is 3.66. The number of hydrogen-bond donors (Lipinski definition) is 2. The van der Waals surface area contributed by atoms with Crippen LogP contribution in [0.4, 0.5) is 0 Å². The van der Waals surface area contributed by atoms with Crippen LogP contribution in [-0.4, -0.2) is 26.0 Å². The van der Waals surface area contributed by atoms with Gasteiger partial charge in [-0.1, -0.05) is 0 Å². The van der Waals surface area contributed by atoms with E-state index in [1.807, 2.05) is 0 Å². The van der Waals surface area contributed by atoms with Gasteiger partial charge in [-0.15, -0.1) is 12.3 Å².